The summed E-state index contributed by atoms with van der Waals surface area (Å²) in [5, 5.41) is 9.18. The molecule has 1 saturated heterocycles. The summed E-state index contributed by atoms with van der Waals surface area (Å²) >= 11 is 5.71. The van der Waals surface area contributed by atoms with E-state index in [-0.39, 0.29) is 16.9 Å². The number of terminal acetylenes is 1. The number of likely N-dealkylation sites (tertiary alicyclic amines) is 1. The Labute approximate surface area is 218 Å². The molecular formula is C26H24F3N5O2S. The predicted molar refractivity (Wildman–Crippen MR) is 136 cm³/mol. The highest BCUT2D eigenvalue weighted by Crippen LogP contribution is 2.41. The Kier molecular flexibility index (Phi) is 7.39. The van der Waals surface area contributed by atoms with Crippen LogP contribution in [0.4, 0.5) is 24.5 Å². The normalized spacial score (nSPS) is 16.9. The van der Waals surface area contributed by atoms with Crippen molar-refractivity contribution >= 4 is 35.0 Å². The first-order valence-corrected chi connectivity index (χ1v) is 12.0. The van der Waals surface area contributed by atoms with Crippen LogP contribution in [0.3, 0.4) is 0 Å². The van der Waals surface area contributed by atoms with Crippen LogP contribution in [0.25, 0.3) is 0 Å². The fraction of sp³-hybridized carbons (Fsp3) is 0.385. The summed E-state index contributed by atoms with van der Waals surface area (Å²) in [6.07, 6.45) is 4.51. The van der Waals surface area contributed by atoms with Crippen molar-refractivity contribution in [2.75, 3.05) is 36.5 Å². The van der Waals surface area contributed by atoms with Gasteiger partial charge in [-0.2, -0.15) is 18.4 Å². The summed E-state index contributed by atoms with van der Waals surface area (Å²) in [5.74, 6) is 3.24. The van der Waals surface area contributed by atoms with Crippen LogP contribution in [-0.4, -0.2) is 59.6 Å². The van der Waals surface area contributed by atoms with Gasteiger partial charge < -0.3 is 19.3 Å². The monoisotopic (exact) mass is 527 g/mol. The molecule has 2 aliphatic rings. The number of thiocarbonyl (C=S) groups is 1. The lowest BCUT2D eigenvalue weighted by Crippen LogP contribution is -2.60. The maximum atomic E-state index is 13.5. The number of nitrogens with zero attached hydrogens (tertiary/aromatic N) is 5. The number of benzene rings is 1. The highest BCUT2D eigenvalue weighted by atomic mass is 32.1. The minimum atomic E-state index is -4.76. The molecule has 1 aliphatic heterocycles. The highest BCUT2D eigenvalue weighted by Gasteiger charge is 2.46. The zero-order valence-electron chi connectivity index (χ0n) is 20.0. The van der Waals surface area contributed by atoms with Crippen LogP contribution in [0.1, 0.15) is 30.5 Å². The van der Waals surface area contributed by atoms with E-state index in [1.807, 2.05) is 0 Å². The van der Waals surface area contributed by atoms with Crippen molar-refractivity contribution in [1.82, 2.24) is 9.88 Å². The topological polar surface area (TPSA) is 72.7 Å². The molecule has 1 saturated carbocycles. The number of carbonyl (C=O) groups excluding carboxylic acids is 1. The Bertz CT molecular complexity index is 1260. The first-order chi connectivity index (χ1) is 17.6. The lowest BCUT2D eigenvalue weighted by molar-refractivity contribution is -0.138. The van der Waals surface area contributed by atoms with Gasteiger partial charge in [0.1, 0.15) is 29.7 Å². The number of pyridine rings is 1. The van der Waals surface area contributed by atoms with Gasteiger partial charge in [0.25, 0.3) is 0 Å². The third-order valence-electron chi connectivity index (χ3n) is 6.67. The summed E-state index contributed by atoms with van der Waals surface area (Å²) in [7, 11) is 1.51. The second-order valence-corrected chi connectivity index (χ2v) is 9.45. The third-order valence-corrected chi connectivity index (χ3v) is 7.13. The fourth-order valence-electron chi connectivity index (χ4n) is 4.42. The molecule has 2 fully saturated rings. The van der Waals surface area contributed by atoms with Crippen LogP contribution in [-0.2, 0) is 11.0 Å². The average Bonchev–Trinajstić information content (AvgIpc) is 2.83. The van der Waals surface area contributed by atoms with E-state index in [4.69, 9.17) is 28.6 Å². The number of halogens is 3. The zero-order valence-corrected chi connectivity index (χ0v) is 20.8. The van der Waals surface area contributed by atoms with Crippen molar-refractivity contribution in [3.63, 3.8) is 0 Å². The first-order valence-electron chi connectivity index (χ1n) is 11.6. The van der Waals surface area contributed by atoms with Gasteiger partial charge in [-0.25, -0.2) is 4.98 Å². The smallest absolute Gasteiger partial charge is 0.419 e. The molecule has 1 aliphatic carbocycles. The molecular weight excluding hydrogens is 503 g/mol. The van der Waals surface area contributed by atoms with E-state index in [2.05, 4.69) is 15.8 Å². The van der Waals surface area contributed by atoms with Crippen LogP contribution in [0.15, 0.2) is 36.5 Å². The van der Waals surface area contributed by atoms with Crippen LogP contribution in [0.5, 0.6) is 5.75 Å². The molecule has 37 heavy (non-hydrogen) atoms. The van der Waals surface area contributed by atoms with Crippen molar-refractivity contribution in [2.45, 2.75) is 37.1 Å². The second-order valence-electron chi connectivity index (χ2n) is 9.08. The third kappa shape index (κ3) is 5.24. The number of ether oxygens (including phenoxy) is 1. The summed E-state index contributed by atoms with van der Waals surface area (Å²) in [6.45, 7) is 2.05. The number of aromatic nitrogens is 1. The van der Waals surface area contributed by atoms with Gasteiger partial charge >= 0.3 is 6.18 Å². The van der Waals surface area contributed by atoms with Gasteiger partial charge in [-0.1, -0.05) is 5.92 Å². The Balaban J connectivity index is 1.59. The number of nitriles is 1. The summed E-state index contributed by atoms with van der Waals surface area (Å²) in [4.78, 5) is 21.0. The van der Waals surface area contributed by atoms with E-state index in [0.717, 1.165) is 38.1 Å². The molecule has 0 amide bonds. The van der Waals surface area contributed by atoms with E-state index in [9.17, 15) is 18.0 Å². The van der Waals surface area contributed by atoms with Crippen molar-refractivity contribution in [1.29, 1.82) is 5.26 Å². The lowest BCUT2D eigenvalue weighted by Gasteiger charge is -2.48. The number of alkyl halides is 3. The van der Waals surface area contributed by atoms with Gasteiger partial charge in [-0.05, 0) is 61.8 Å². The predicted octanol–water partition coefficient (Wildman–Crippen LogP) is 4.02. The Hall–Kier alpha value is -3.67. The van der Waals surface area contributed by atoms with Gasteiger partial charge in [0, 0.05) is 25.8 Å². The minimum Gasteiger partial charge on any atom is -0.488 e. The largest absolute Gasteiger partial charge is 0.488 e. The summed E-state index contributed by atoms with van der Waals surface area (Å²) in [6, 6.07) is 9.40. The molecule has 11 heteroatoms. The molecule has 4 rings (SSSR count). The Morgan fingerprint density at radius 3 is 2.51 bits per heavy atom. The summed E-state index contributed by atoms with van der Waals surface area (Å²) in [5.41, 5.74) is -2.13. The van der Waals surface area contributed by atoms with Gasteiger partial charge in [-0.3, -0.25) is 4.90 Å². The molecule has 2 heterocycles. The average molecular weight is 528 g/mol. The number of hydrogen-bond donors (Lipinski definition) is 0. The van der Waals surface area contributed by atoms with Gasteiger partial charge in [0.05, 0.1) is 24.0 Å². The molecule has 0 atom stereocenters. The number of anilines is 2. The highest BCUT2D eigenvalue weighted by molar-refractivity contribution is 7.80. The first kappa shape index (κ1) is 26.4. The quantitative estimate of drug-likeness (QED) is 0.304. The van der Waals surface area contributed by atoms with E-state index in [1.54, 1.807) is 29.2 Å². The van der Waals surface area contributed by atoms with E-state index < -0.39 is 23.0 Å². The van der Waals surface area contributed by atoms with E-state index >= 15 is 0 Å². The molecule has 0 N–H and O–H groups in total. The fourth-order valence-corrected chi connectivity index (χ4v) is 4.81. The molecule has 0 radical (unpaired) electrons. The number of hydrogen-bond acceptors (Lipinski definition) is 6. The molecule has 0 bridgehead atoms. The van der Waals surface area contributed by atoms with Gasteiger partial charge in [0.15, 0.2) is 10.8 Å². The van der Waals surface area contributed by atoms with Gasteiger partial charge in [0.2, 0.25) is 0 Å². The molecule has 2 aromatic rings. The SMILES string of the molecule is C#CCN1CC(Oc2ccc(N(C(=S)N(C)c3cnc(C#N)c(C(F)(F)F)c3)C3(C=O)CCC3)cc2)C1. The van der Waals surface area contributed by atoms with Crippen molar-refractivity contribution in [3.8, 4) is 24.2 Å². The van der Waals surface area contributed by atoms with Crippen LogP contribution in [0, 0.1) is 23.7 Å². The lowest BCUT2D eigenvalue weighted by atomic mass is 9.76. The number of aldehydes is 1. The van der Waals surface area contributed by atoms with Gasteiger partial charge in [-0.15, -0.1) is 6.42 Å². The molecule has 1 aromatic carbocycles. The minimum absolute atomic E-state index is 0.0298. The molecule has 0 spiro atoms. The van der Waals surface area contributed by atoms with Crippen molar-refractivity contribution in [2.24, 2.45) is 0 Å². The maximum absolute atomic E-state index is 13.5. The van der Waals surface area contributed by atoms with Crippen molar-refractivity contribution < 1.29 is 22.7 Å². The number of rotatable bonds is 7. The molecule has 1 aromatic heterocycles. The second kappa shape index (κ2) is 10.4. The van der Waals surface area contributed by atoms with Crippen LogP contribution in [0.2, 0.25) is 0 Å². The zero-order chi connectivity index (χ0) is 26.8. The van der Waals surface area contributed by atoms with Crippen molar-refractivity contribution in [3.05, 3.63) is 47.8 Å². The summed E-state index contributed by atoms with van der Waals surface area (Å²) < 4.78 is 46.5. The molecule has 0 unspecified atom stereocenters. The van der Waals surface area contributed by atoms with E-state index in [0.29, 0.717) is 30.8 Å². The van der Waals surface area contributed by atoms with Crippen LogP contribution >= 0.6 is 12.2 Å². The number of carbonyl (C=O) groups is 1. The van der Waals surface area contributed by atoms with Crippen LogP contribution < -0.4 is 14.5 Å². The Morgan fingerprint density at radius 2 is 2.00 bits per heavy atom. The molecule has 7 nitrogen and oxygen atoms in total. The Morgan fingerprint density at radius 1 is 1.32 bits per heavy atom. The maximum Gasteiger partial charge on any atom is 0.419 e. The van der Waals surface area contributed by atoms with E-state index in [1.165, 1.54) is 18.0 Å². The standard InChI is InChI=1S/C26H24F3N5O2S/c1-3-11-33-15-21(16-33)36-20-7-5-18(6-8-20)34(25(17-35)9-4-10-25)24(37)32(2)19-12-22(26(27,28)29)23(13-30)31-14-19/h1,5-8,12,14,17,21H,4,9-11,15-16H2,2H3. The molecule has 192 valence electrons.